The summed E-state index contributed by atoms with van der Waals surface area (Å²) in [7, 11) is 2.85. The Morgan fingerprint density at radius 3 is 1.85 bits per heavy atom. The van der Waals surface area contributed by atoms with Gasteiger partial charge in [-0.05, 0) is 36.7 Å². The Morgan fingerprint density at radius 2 is 1.33 bits per heavy atom. The highest BCUT2D eigenvalue weighted by molar-refractivity contribution is 5.75. The van der Waals surface area contributed by atoms with Gasteiger partial charge in [0.1, 0.15) is 6.61 Å². The molecule has 2 fully saturated rings. The minimum absolute atomic E-state index is 0. The van der Waals surface area contributed by atoms with E-state index in [0.717, 1.165) is 24.8 Å². The summed E-state index contributed by atoms with van der Waals surface area (Å²) < 4.78 is 14.8. The van der Waals surface area contributed by atoms with Crippen LogP contribution in [0.5, 0.6) is 0 Å². The third kappa shape index (κ3) is 15.9. The maximum absolute atomic E-state index is 12.1. The molecule has 0 bridgehead atoms. The molecule has 2 aliphatic rings. The van der Waals surface area contributed by atoms with Gasteiger partial charge in [-0.2, -0.15) is 19.2 Å². The van der Waals surface area contributed by atoms with Crippen LogP contribution < -0.4 is 0 Å². The summed E-state index contributed by atoms with van der Waals surface area (Å²) in [6.07, 6.45) is 5.37. The molecule has 1 aromatic carbocycles. The summed E-state index contributed by atoms with van der Waals surface area (Å²) >= 11 is 0. The van der Waals surface area contributed by atoms with E-state index in [1.807, 2.05) is 37.3 Å². The lowest BCUT2D eigenvalue weighted by molar-refractivity contribution is -0.193. The summed E-state index contributed by atoms with van der Waals surface area (Å²) in [6.45, 7) is 5.45. The number of hydrogen-bond donors (Lipinski definition) is 0. The van der Waals surface area contributed by atoms with Gasteiger partial charge in [0.15, 0.2) is 0 Å². The Labute approximate surface area is 230 Å². The van der Waals surface area contributed by atoms with Crippen molar-refractivity contribution in [1.29, 1.82) is 0 Å². The monoisotopic (exact) mass is 551 g/mol. The molecule has 218 valence electrons. The maximum atomic E-state index is 12.1. The lowest BCUT2D eigenvalue weighted by Gasteiger charge is -2.34. The Kier molecular flexibility index (Phi) is 21.3. The molecule has 1 amide bonds. The second-order valence-corrected chi connectivity index (χ2v) is 9.16. The standard InChI is InChI=1S/C16H21NO4.C9H16O2.2CO2.CH4/c1-12-8-14(15(18)20-2)10-17(9-12)16(19)21-11-13-6-4-3-5-7-13;1-7-4-3-5-8(6-7)9(10)11-2;2*2-1-3;/h3-7,12,14H,8-11H2,1-2H3;7-8H,3-6H2,1-2H3;;;1H4. The van der Waals surface area contributed by atoms with Crippen molar-refractivity contribution in [3.63, 3.8) is 0 Å². The number of esters is 2. The number of rotatable bonds is 4. The minimum atomic E-state index is -0.376. The van der Waals surface area contributed by atoms with Crippen molar-refractivity contribution in [3.05, 3.63) is 35.9 Å². The van der Waals surface area contributed by atoms with Gasteiger partial charge in [0, 0.05) is 13.1 Å². The first-order chi connectivity index (χ1) is 18.2. The van der Waals surface area contributed by atoms with Crippen LogP contribution in [0.25, 0.3) is 0 Å². The number of amides is 1. The third-order valence-electron chi connectivity index (χ3n) is 6.13. The SMILES string of the molecule is C.COC(=O)C1CC(C)CN(C(=O)OCc2ccccc2)C1.COC(=O)C1CCCC(C)C1.O=C=O.O=C=O. The molecular formula is C28H41NO10. The van der Waals surface area contributed by atoms with Crippen molar-refractivity contribution in [1.82, 2.24) is 4.90 Å². The molecule has 0 spiro atoms. The highest BCUT2D eigenvalue weighted by Crippen LogP contribution is 2.29. The molecule has 0 aromatic heterocycles. The molecular weight excluding hydrogens is 510 g/mol. The number of benzene rings is 1. The van der Waals surface area contributed by atoms with Gasteiger partial charge in [-0.3, -0.25) is 9.59 Å². The molecule has 1 saturated heterocycles. The molecule has 11 nitrogen and oxygen atoms in total. The molecule has 1 aromatic rings. The molecule has 1 aliphatic carbocycles. The number of likely N-dealkylation sites (tertiary alicyclic amines) is 1. The highest BCUT2D eigenvalue weighted by Gasteiger charge is 2.33. The zero-order valence-corrected chi connectivity index (χ0v) is 22.4. The van der Waals surface area contributed by atoms with Gasteiger partial charge in [-0.1, -0.05) is 64.4 Å². The van der Waals surface area contributed by atoms with E-state index in [2.05, 4.69) is 6.92 Å². The fraction of sp³-hybridized carbons (Fsp3) is 0.607. The average molecular weight is 552 g/mol. The molecule has 0 radical (unpaired) electrons. The summed E-state index contributed by atoms with van der Waals surface area (Å²) in [6, 6.07) is 9.53. The van der Waals surface area contributed by atoms with Crippen molar-refractivity contribution in [2.75, 3.05) is 27.3 Å². The topological polar surface area (TPSA) is 150 Å². The van der Waals surface area contributed by atoms with Gasteiger partial charge in [0.2, 0.25) is 0 Å². The van der Waals surface area contributed by atoms with Gasteiger partial charge in [-0.15, -0.1) is 0 Å². The first-order valence-electron chi connectivity index (χ1n) is 12.3. The van der Waals surface area contributed by atoms with Crippen LogP contribution >= 0.6 is 0 Å². The van der Waals surface area contributed by atoms with Crippen LogP contribution in [0.3, 0.4) is 0 Å². The van der Waals surface area contributed by atoms with E-state index in [9.17, 15) is 14.4 Å². The van der Waals surface area contributed by atoms with E-state index in [1.54, 1.807) is 4.90 Å². The van der Waals surface area contributed by atoms with Crippen molar-refractivity contribution in [3.8, 4) is 0 Å². The quantitative estimate of drug-likeness (QED) is 0.398. The molecule has 0 N–H and O–H groups in total. The fourth-order valence-electron chi connectivity index (χ4n) is 4.46. The Morgan fingerprint density at radius 1 is 0.821 bits per heavy atom. The van der Waals surface area contributed by atoms with Gasteiger partial charge in [-0.25, -0.2) is 4.79 Å². The highest BCUT2D eigenvalue weighted by atomic mass is 16.6. The normalized spacial score (nSPS) is 21.0. The van der Waals surface area contributed by atoms with E-state index in [1.165, 1.54) is 27.1 Å². The summed E-state index contributed by atoms with van der Waals surface area (Å²) in [5, 5.41) is 0. The molecule has 4 unspecified atom stereocenters. The summed E-state index contributed by atoms with van der Waals surface area (Å²) in [5.41, 5.74) is 0.945. The predicted octanol–water partition coefficient (Wildman–Crippen LogP) is 3.91. The largest absolute Gasteiger partial charge is 0.469 e. The molecule has 11 heteroatoms. The van der Waals surface area contributed by atoms with E-state index >= 15 is 0 Å². The van der Waals surface area contributed by atoms with Gasteiger partial charge in [0.25, 0.3) is 0 Å². The van der Waals surface area contributed by atoms with Crippen LogP contribution in [0.1, 0.15) is 58.9 Å². The van der Waals surface area contributed by atoms with Gasteiger partial charge in [0.05, 0.1) is 26.1 Å². The summed E-state index contributed by atoms with van der Waals surface area (Å²) in [5.74, 6) is 0.603. The number of methoxy groups -OCH3 is 2. The van der Waals surface area contributed by atoms with Crippen LogP contribution in [0, 0.1) is 23.7 Å². The second-order valence-electron chi connectivity index (χ2n) is 9.16. The molecule has 1 aliphatic heterocycles. The first kappa shape index (κ1) is 37.3. The molecule has 4 atom stereocenters. The van der Waals surface area contributed by atoms with Gasteiger partial charge < -0.3 is 19.1 Å². The van der Waals surface area contributed by atoms with Crippen molar-refractivity contribution >= 4 is 30.3 Å². The van der Waals surface area contributed by atoms with Gasteiger partial charge >= 0.3 is 30.3 Å². The van der Waals surface area contributed by atoms with Crippen LogP contribution in [0.4, 0.5) is 4.79 Å². The molecule has 39 heavy (non-hydrogen) atoms. The van der Waals surface area contributed by atoms with Crippen LogP contribution in [0.2, 0.25) is 0 Å². The van der Waals surface area contributed by atoms with Crippen molar-refractivity contribution < 1.29 is 47.8 Å². The van der Waals surface area contributed by atoms with E-state index in [4.69, 9.17) is 33.4 Å². The Bertz CT molecular complexity index is 896. The summed E-state index contributed by atoms with van der Waals surface area (Å²) in [4.78, 5) is 69.0. The van der Waals surface area contributed by atoms with Crippen LogP contribution in [-0.2, 0) is 49.6 Å². The third-order valence-corrected chi connectivity index (χ3v) is 6.13. The number of ether oxygens (including phenoxy) is 3. The lowest BCUT2D eigenvalue weighted by Crippen LogP contribution is -2.46. The molecule has 1 saturated carbocycles. The maximum Gasteiger partial charge on any atom is 0.410 e. The molecule has 1 heterocycles. The van der Waals surface area contributed by atoms with Crippen LogP contribution in [0.15, 0.2) is 30.3 Å². The number of carbonyl (C=O) groups is 3. The second kappa shape index (κ2) is 22.2. The zero-order chi connectivity index (χ0) is 28.9. The van der Waals surface area contributed by atoms with Crippen molar-refractivity contribution in [2.45, 2.75) is 60.0 Å². The minimum Gasteiger partial charge on any atom is -0.469 e. The van der Waals surface area contributed by atoms with E-state index < -0.39 is 0 Å². The van der Waals surface area contributed by atoms with Crippen molar-refractivity contribution in [2.24, 2.45) is 23.7 Å². The molecule has 3 rings (SSSR count). The first-order valence-corrected chi connectivity index (χ1v) is 12.3. The Hall–Kier alpha value is -3.81. The average Bonchev–Trinajstić information content (AvgIpc) is 2.92. The van der Waals surface area contributed by atoms with E-state index in [-0.39, 0.29) is 62.1 Å². The Balaban J connectivity index is 0. The van der Waals surface area contributed by atoms with Crippen LogP contribution in [-0.4, -0.2) is 62.5 Å². The smallest absolute Gasteiger partial charge is 0.410 e. The zero-order valence-electron chi connectivity index (χ0n) is 22.4. The number of hydrogen-bond acceptors (Lipinski definition) is 10. The number of carbonyl (C=O) groups excluding carboxylic acids is 7. The predicted molar refractivity (Wildman–Crippen MR) is 137 cm³/mol. The number of piperidine rings is 1. The fourth-order valence-corrected chi connectivity index (χ4v) is 4.46. The lowest BCUT2D eigenvalue weighted by atomic mass is 9.82. The van der Waals surface area contributed by atoms with E-state index in [0.29, 0.717) is 19.0 Å². The number of nitrogens with zero attached hydrogens (tertiary/aromatic N) is 1.